The summed E-state index contributed by atoms with van der Waals surface area (Å²) in [4.78, 5) is 4.72. The quantitative estimate of drug-likeness (QED) is 0.152. The largest absolute Gasteiger partial charge is 0.455 e. The lowest BCUT2D eigenvalue weighted by Crippen LogP contribution is -2.09. The Balaban J connectivity index is 0.762. The SMILES string of the molecule is c1ccc(N(c2ccc(-c3cccc4c3oc3ccccc34)cc2)c2ccc3c(c2)sc2ccc4c(ccc5sc6cc(N(c7ccccc7)c7ccc(-c8cccc9c8oc8ccccc89)cc7)ccc6c54)c23)cc1. The molecule has 0 amide bonds. The molecule has 0 fully saturated rings. The third-order valence-corrected chi connectivity index (χ3v) is 17.5. The summed E-state index contributed by atoms with van der Waals surface area (Å²) in [5.74, 6) is 0. The summed E-state index contributed by atoms with van der Waals surface area (Å²) in [6.45, 7) is 0. The van der Waals surface area contributed by atoms with Gasteiger partial charge >= 0.3 is 0 Å². The maximum absolute atomic E-state index is 6.44. The number of fused-ring (bicyclic) bond motifs is 15. The van der Waals surface area contributed by atoms with Gasteiger partial charge in [0.1, 0.15) is 22.3 Å². The molecular formula is C70H42N2O2S2. The van der Waals surface area contributed by atoms with Crippen molar-refractivity contribution in [3.63, 3.8) is 0 Å². The molecule has 0 N–H and O–H groups in total. The summed E-state index contributed by atoms with van der Waals surface area (Å²) in [5, 5.41) is 12.3. The third-order valence-electron chi connectivity index (χ3n) is 15.3. The third kappa shape index (κ3) is 6.75. The number of rotatable bonds is 8. The molecule has 0 bridgehead atoms. The van der Waals surface area contributed by atoms with E-state index in [2.05, 4.69) is 240 Å². The van der Waals surface area contributed by atoms with Gasteiger partial charge in [-0.2, -0.15) is 0 Å². The Morgan fingerprint density at radius 1 is 0.250 bits per heavy atom. The summed E-state index contributed by atoms with van der Waals surface area (Å²) in [6.07, 6.45) is 0. The second-order valence-electron chi connectivity index (χ2n) is 19.5. The van der Waals surface area contributed by atoms with Gasteiger partial charge in [-0.3, -0.25) is 0 Å². The molecule has 12 aromatic carbocycles. The topological polar surface area (TPSA) is 32.8 Å². The van der Waals surface area contributed by atoms with Crippen LogP contribution in [0.25, 0.3) is 117 Å². The van der Waals surface area contributed by atoms with Crippen molar-refractivity contribution >= 4 is 152 Å². The van der Waals surface area contributed by atoms with Crippen LogP contribution in [-0.4, -0.2) is 0 Å². The van der Waals surface area contributed by atoms with Gasteiger partial charge in [-0.05, 0) is 119 Å². The van der Waals surface area contributed by atoms with Crippen LogP contribution in [0.4, 0.5) is 34.1 Å². The van der Waals surface area contributed by atoms with Gasteiger partial charge in [-0.25, -0.2) is 0 Å². The Bertz CT molecular complexity index is 4620. The van der Waals surface area contributed by atoms with Gasteiger partial charge in [0.2, 0.25) is 0 Å². The van der Waals surface area contributed by atoms with E-state index in [4.69, 9.17) is 8.83 Å². The van der Waals surface area contributed by atoms with E-state index in [1.54, 1.807) is 0 Å². The van der Waals surface area contributed by atoms with Crippen molar-refractivity contribution in [2.45, 2.75) is 0 Å². The molecule has 0 saturated heterocycles. The number of hydrogen-bond acceptors (Lipinski definition) is 6. The van der Waals surface area contributed by atoms with Gasteiger partial charge < -0.3 is 18.6 Å². The fourth-order valence-electron chi connectivity index (χ4n) is 11.8. The van der Waals surface area contributed by atoms with E-state index < -0.39 is 0 Å². The zero-order valence-corrected chi connectivity index (χ0v) is 42.4. The number of nitrogens with zero attached hydrogens (tertiary/aromatic N) is 2. The lowest BCUT2D eigenvalue weighted by Gasteiger charge is -2.25. The monoisotopic (exact) mass is 1010 g/mol. The summed E-state index contributed by atoms with van der Waals surface area (Å²) >= 11 is 3.74. The first-order valence-corrected chi connectivity index (χ1v) is 27.3. The van der Waals surface area contributed by atoms with Gasteiger partial charge in [-0.1, -0.05) is 158 Å². The number of para-hydroxylation sites is 6. The second kappa shape index (κ2) is 17.0. The van der Waals surface area contributed by atoms with E-state index in [1.807, 2.05) is 46.9 Å². The van der Waals surface area contributed by atoms with Crippen LogP contribution < -0.4 is 9.80 Å². The minimum Gasteiger partial charge on any atom is -0.455 e. The molecular weight excluding hydrogens is 965 g/mol. The maximum atomic E-state index is 6.44. The summed E-state index contributed by atoms with van der Waals surface area (Å²) in [7, 11) is 0. The zero-order chi connectivity index (χ0) is 49.8. The summed E-state index contributed by atoms with van der Waals surface area (Å²) in [5.41, 5.74) is 14.7. The van der Waals surface area contributed by atoms with E-state index in [0.29, 0.717) is 0 Å². The smallest absolute Gasteiger partial charge is 0.143 e. The van der Waals surface area contributed by atoms with E-state index in [1.165, 1.54) is 51.1 Å². The van der Waals surface area contributed by atoms with Crippen LogP contribution in [0.1, 0.15) is 0 Å². The van der Waals surface area contributed by atoms with Crippen molar-refractivity contribution < 1.29 is 8.83 Å². The number of thiophene rings is 2. The van der Waals surface area contributed by atoms with Crippen LogP contribution in [0.2, 0.25) is 0 Å². The van der Waals surface area contributed by atoms with Crippen molar-refractivity contribution in [2.24, 2.45) is 0 Å². The molecule has 16 rings (SSSR count). The minimum atomic E-state index is 0.907. The molecule has 0 aliphatic rings. The highest BCUT2D eigenvalue weighted by molar-refractivity contribution is 7.26. The Morgan fingerprint density at radius 2 is 0.618 bits per heavy atom. The van der Waals surface area contributed by atoms with E-state index in [0.717, 1.165) is 100 Å². The molecule has 4 nitrogen and oxygen atoms in total. The van der Waals surface area contributed by atoms with Crippen LogP contribution in [-0.2, 0) is 0 Å². The molecule has 4 heterocycles. The first-order chi connectivity index (χ1) is 37.7. The summed E-state index contributed by atoms with van der Waals surface area (Å²) < 4.78 is 18.0. The van der Waals surface area contributed by atoms with Crippen LogP contribution in [0, 0.1) is 0 Å². The first kappa shape index (κ1) is 43.0. The molecule has 4 aromatic heterocycles. The van der Waals surface area contributed by atoms with Crippen molar-refractivity contribution in [2.75, 3.05) is 9.80 Å². The zero-order valence-electron chi connectivity index (χ0n) is 40.8. The molecule has 0 radical (unpaired) electrons. The standard InChI is InChI=1S/C70H42N2O2S2/c1-3-13-45(14-4-1)71(47-29-25-43(26-30-47)51-19-11-21-57-53-17-7-9-23-61(53)73-69(51)57)49-33-35-59-65(41-49)75-63-39-37-56-55(67(59)63)38-40-64-68(56)60-36-34-50(42-66(60)76-64)72(46-15-5-2-6-16-46)48-31-27-44(28-32-48)52-20-12-22-58-54-18-8-10-24-62(54)74-70(52)58/h1-42H. The number of benzene rings is 12. The molecule has 0 unspecified atom stereocenters. The molecule has 0 aliphatic carbocycles. The van der Waals surface area contributed by atoms with E-state index in [9.17, 15) is 0 Å². The number of hydrogen-bond donors (Lipinski definition) is 0. The normalized spacial score (nSPS) is 11.9. The lowest BCUT2D eigenvalue weighted by atomic mass is 9.99. The van der Waals surface area contributed by atoms with Gasteiger partial charge in [0, 0.05) is 107 Å². The highest BCUT2D eigenvalue weighted by Crippen LogP contribution is 2.48. The Hall–Kier alpha value is -9.46. The molecule has 0 saturated carbocycles. The maximum Gasteiger partial charge on any atom is 0.143 e. The Kier molecular flexibility index (Phi) is 9.64. The number of anilines is 6. The first-order valence-electron chi connectivity index (χ1n) is 25.6. The van der Waals surface area contributed by atoms with Crippen molar-refractivity contribution in [3.8, 4) is 22.3 Å². The van der Waals surface area contributed by atoms with Crippen LogP contribution >= 0.6 is 22.7 Å². The van der Waals surface area contributed by atoms with Crippen LogP contribution in [0.5, 0.6) is 0 Å². The molecule has 0 aliphatic heterocycles. The van der Waals surface area contributed by atoms with Crippen molar-refractivity contribution in [3.05, 3.63) is 255 Å². The fraction of sp³-hybridized carbons (Fsp3) is 0. The van der Waals surface area contributed by atoms with Gasteiger partial charge in [0.25, 0.3) is 0 Å². The molecule has 6 heteroatoms. The molecule has 0 atom stereocenters. The molecule has 76 heavy (non-hydrogen) atoms. The second-order valence-corrected chi connectivity index (χ2v) is 21.7. The van der Waals surface area contributed by atoms with Gasteiger partial charge in [-0.15, -0.1) is 22.7 Å². The van der Waals surface area contributed by atoms with E-state index in [-0.39, 0.29) is 0 Å². The Morgan fingerprint density at radius 3 is 1.07 bits per heavy atom. The van der Waals surface area contributed by atoms with Crippen LogP contribution in [0.3, 0.4) is 0 Å². The minimum absolute atomic E-state index is 0.907. The molecule has 0 spiro atoms. The van der Waals surface area contributed by atoms with Crippen molar-refractivity contribution in [1.82, 2.24) is 0 Å². The van der Waals surface area contributed by atoms with Crippen molar-refractivity contribution in [1.29, 1.82) is 0 Å². The average molecular weight is 1010 g/mol. The fourth-order valence-corrected chi connectivity index (χ4v) is 14.1. The molecule has 356 valence electrons. The summed E-state index contributed by atoms with van der Waals surface area (Å²) in [6, 6.07) is 91.9. The number of furan rings is 2. The predicted octanol–water partition coefficient (Wildman–Crippen LogP) is 21.6. The lowest BCUT2D eigenvalue weighted by molar-refractivity contribution is 0.669. The van der Waals surface area contributed by atoms with Gasteiger partial charge in [0.15, 0.2) is 0 Å². The van der Waals surface area contributed by atoms with Gasteiger partial charge in [0.05, 0.1) is 0 Å². The highest BCUT2D eigenvalue weighted by atomic mass is 32.1. The average Bonchev–Trinajstić information content (AvgIpc) is 4.35. The Labute approximate surface area is 444 Å². The van der Waals surface area contributed by atoms with Crippen LogP contribution in [0.15, 0.2) is 264 Å². The van der Waals surface area contributed by atoms with E-state index >= 15 is 0 Å². The predicted molar refractivity (Wildman–Crippen MR) is 325 cm³/mol. The molecule has 16 aromatic rings. The highest BCUT2D eigenvalue weighted by Gasteiger charge is 2.21.